The number of rotatable bonds is 2. The van der Waals surface area contributed by atoms with Gasteiger partial charge in [-0.1, -0.05) is 18.2 Å². The highest BCUT2D eigenvalue weighted by Gasteiger charge is 2.33. The normalized spacial score (nSPS) is 11.6. The van der Waals surface area contributed by atoms with E-state index in [-0.39, 0.29) is 16.8 Å². The molecule has 0 saturated heterocycles. The van der Waals surface area contributed by atoms with Crippen LogP contribution in [0.5, 0.6) is 0 Å². The van der Waals surface area contributed by atoms with Crippen molar-refractivity contribution in [1.82, 2.24) is 4.98 Å². The number of alkyl halides is 3. The molecule has 0 aliphatic carbocycles. The van der Waals surface area contributed by atoms with Crippen molar-refractivity contribution in [2.75, 3.05) is 0 Å². The molecule has 0 bridgehead atoms. The Balaban J connectivity index is 2.60. The number of aliphatic hydroxyl groups is 1. The monoisotopic (exact) mass is 271 g/mol. The Morgan fingerprint density at radius 3 is 2.42 bits per heavy atom. The zero-order chi connectivity index (χ0) is 14.0. The van der Waals surface area contributed by atoms with Gasteiger partial charge in [-0.05, 0) is 18.2 Å². The molecule has 0 amide bonds. The third-order valence-corrected chi connectivity index (χ3v) is 2.54. The summed E-state index contributed by atoms with van der Waals surface area (Å²) in [6.45, 7) is -0.475. The van der Waals surface area contributed by atoms with Crippen LogP contribution < -0.4 is 0 Å². The Morgan fingerprint density at radius 2 is 1.84 bits per heavy atom. The number of pyridine rings is 1. The second-order valence-electron chi connectivity index (χ2n) is 3.87. The van der Waals surface area contributed by atoms with Crippen LogP contribution in [0.25, 0.3) is 11.3 Å². The quantitative estimate of drug-likeness (QED) is 0.849. The molecule has 0 spiro atoms. The molecule has 0 saturated carbocycles. The van der Waals surface area contributed by atoms with Gasteiger partial charge in [0.2, 0.25) is 0 Å². The van der Waals surface area contributed by atoms with Crippen LogP contribution >= 0.6 is 0 Å². The first-order chi connectivity index (χ1) is 8.91. The molecule has 1 aromatic carbocycles. The Bertz CT molecular complexity index is 595. The molecule has 6 heteroatoms. The van der Waals surface area contributed by atoms with Crippen molar-refractivity contribution in [3.05, 3.63) is 53.5 Å². The highest BCUT2D eigenvalue weighted by atomic mass is 19.4. The number of nitrogens with zero attached hydrogens (tertiary/aromatic N) is 1. The Hall–Kier alpha value is -1.95. The van der Waals surface area contributed by atoms with Gasteiger partial charge in [0.05, 0.1) is 12.3 Å². The van der Waals surface area contributed by atoms with Gasteiger partial charge in [-0.3, -0.25) is 0 Å². The van der Waals surface area contributed by atoms with Crippen LogP contribution in [0.2, 0.25) is 0 Å². The van der Waals surface area contributed by atoms with Gasteiger partial charge in [0.15, 0.2) is 0 Å². The Morgan fingerprint density at radius 1 is 1.11 bits per heavy atom. The van der Waals surface area contributed by atoms with E-state index in [0.717, 1.165) is 18.2 Å². The highest BCUT2D eigenvalue weighted by Crippen LogP contribution is 2.31. The zero-order valence-corrected chi connectivity index (χ0v) is 9.58. The summed E-state index contributed by atoms with van der Waals surface area (Å²) >= 11 is 0. The first-order valence-corrected chi connectivity index (χ1v) is 5.35. The van der Waals surface area contributed by atoms with Gasteiger partial charge >= 0.3 is 6.18 Å². The van der Waals surface area contributed by atoms with E-state index in [1.165, 1.54) is 18.2 Å². The fourth-order valence-electron chi connectivity index (χ4n) is 1.66. The second-order valence-corrected chi connectivity index (χ2v) is 3.87. The predicted octanol–water partition coefficient (Wildman–Crippen LogP) is 3.40. The number of benzene rings is 1. The van der Waals surface area contributed by atoms with Crippen molar-refractivity contribution < 1.29 is 22.7 Å². The minimum Gasteiger partial charge on any atom is -0.392 e. The van der Waals surface area contributed by atoms with Crippen molar-refractivity contribution >= 4 is 0 Å². The van der Waals surface area contributed by atoms with Crippen LogP contribution in [0, 0.1) is 5.82 Å². The maximum absolute atomic E-state index is 13.1. The molecule has 2 rings (SSSR count). The lowest BCUT2D eigenvalue weighted by Crippen LogP contribution is -2.09. The van der Waals surface area contributed by atoms with Crippen molar-refractivity contribution in [3.63, 3.8) is 0 Å². The molecule has 0 aliphatic rings. The van der Waals surface area contributed by atoms with Gasteiger partial charge in [0.25, 0.3) is 0 Å². The van der Waals surface area contributed by atoms with Crippen molar-refractivity contribution in [3.8, 4) is 11.3 Å². The average molecular weight is 271 g/mol. The Labute approximate surface area is 106 Å². The summed E-state index contributed by atoms with van der Waals surface area (Å²) in [6.07, 6.45) is -4.59. The largest absolute Gasteiger partial charge is 0.433 e. The molecule has 2 nitrogen and oxygen atoms in total. The van der Waals surface area contributed by atoms with E-state index in [1.54, 1.807) is 0 Å². The van der Waals surface area contributed by atoms with Crippen LogP contribution in [-0.2, 0) is 12.8 Å². The average Bonchev–Trinajstić information content (AvgIpc) is 2.37. The summed E-state index contributed by atoms with van der Waals surface area (Å²) in [4.78, 5) is 3.47. The fourth-order valence-corrected chi connectivity index (χ4v) is 1.66. The van der Waals surface area contributed by atoms with Gasteiger partial charge in [-0.15, -0.1) is 0 Å². The van der Waals surface area contributed by atoms with E-state index in [4.69, 9.17) is 5.11 Å². The number of aliphatic hydroxyl groups excluding tert-OH is 1. The minimum atomic E-state index is -4.59. The maximum Gasteiger partial charge on any atom is 0.433 e. The van der Waals surface area contributed by atoms with E-state index in [0.29, 0.717) is 0 Å². The lowest BCUT2D eigenvalue weighted by atomic mass is 10.1. The molecule has 100 valence electrons. The van der Waals surface area contributed by atoms with E-state index >= 15 is 0 Å². The van der Waals surface area contributed by atoms with Crippen molar-refractivity contribution in [1.29, 1.82) is 0 Å². The molecule has 0 aliphatic heterocycles. The third-order valence-electron chi connectivity index (χ3n) is 2.54. The smallest absolute Gasteiger partial charge is 0.392 e. The lowest BCUT2D eigenvalue weighted by molar-refractivity contribution is -0.141. The molecule has 2 aromatic rings. The van der Waals surface area contributed by atoms with Crippen molar-refractivity contribution in [2.24, 2.45) is 0 Å². The van der Waals surface area contributed by atoms with Gasteiger partial charge in [0, 0.05) is 11.1 Å². The molecule has 1 aromatic heterocycles. The number of hydrogen-bond donors (Lipinski definition) is 1. The molecular formula is C13H9F4NO. The zero-order valence-electron chi connectivity index (χ0n) is 9.58. The topological polar surface area (TPSA) is 33.1 Å². The minimum absolute atomic E-state index is 0.0724. The second kappa shape index (κ2) is 4.97. The SMILES string of the molecule is OCc1ccc(C(F)(F)F)nc1-c1cccc(F)c1. The summed E-state index contributed by atoms with van der Waals surface area (Å²) in [5.74, 6) is -0.583. The van der Waals surface area contributed by atoms with Crippen LogP contribution in [0.1, 0.15) is 11.3 Å². The number of hydrogen-bond acceptors (Lipinski definition) is 2. The first-order valence-electron chi connectivity index (χ1n) is 5.35. The summed E-state index contributed by atoms with van der Waals surface area (Å²) in [5, 5.41) is 9.13. The fraction of sp³-hybridized carbons (Fsp3) is 0.154. The summed E-state index contributed by atoms with van der Waals surface area (Å²) in [6, 6.07) is 6.97. The molecule has 1 heterocycles. The maximum atomic E-state index is 13.1. The highest BCUT2D eigenvalue weighted by molar-refractivity contribution is 5.63. The van der Waals surface area contributed by atoms with Gasteiger partial charge < -0.3 is 5.11 Å². The van der Waals surface area contributed by atoms with E-state index in [9.17, 15) is 17.6 Å². The van der Waals surface area contributed by atoms with Gasteiger partial charge in [-0.25, -0.2) is 9.37 Å². The van der Waals surface area contributed by atoms with Crippen molar-refractivity contribution in [2.45, 2.75) is 12.8 Å². The van der Waals surface area contributed by atoms with E-state index in [1.807, 2.05) is 0 Å². The van der Waals surface area contributed by atoms with Crippen LogP contribution in [0.3, 0.4) is 0 Å². The predicted molar refractivity (Wildman–Crippen MR) is 60.6 cm³/mol. The van der Waals surface area contributed by atoms with Crippen LogP contribution in [-0.4, -0.2) is 10.1 Å². The lowest BCUT2D eigenvalue weighted by Gasteiger charge is -2.11. The molecule has 0 fully saturated rings. The first kappa shape index (κ1) is 13.5. The number of halogens is 4. The van der Waals surface area contributed by atoms with Gasteiger partial charge in [0.1, 0.15) is 11.5 Å². The molecule has 1 N–H and O–H groups in total. The Kier molecular flexibility index (Phi) is 3.53. The summed E-state index contributed by atoms with van der Waals surface area (Å²) in [5.41, 5.74) is -0.755. The molecule has 0 atom stereocenters. The van der Waals surface area contributed by atoms with Gasteiger partial charge in [-0.2, -0.15) is 13.2 Å². The van der Waals surface area contributed by atoms with E-state index in [2.05, 4.69) is 4.98 Å². The molecular weight excluding hydrogens is 262 g/mol. The van der Waals surface area contributed by atoms with Crippen LogP contribution in [0.4, 0.5) is 17.6 Å². The molecule has 0 unspecified atom stereocenters. The van der Waals surface area contributed by atoms with E-state index < -0.39 is 24.3 Å². The molecule has 0 radical (unpaired) electrons. The standard InChI is InChI=1S/C13H9F4NO/c14-10-3-1-2-8(6-10)12-9(7-19)4-5-11(18-12)13(15,16)17/h1-6,19H,7H2. The molecule has 19 heavy (non-hydrogen) atoms. The summed E-state index contributed by atoms with van der Waals surface area (Å²) < 4.78 is 50.9. The number of aromatic nitrogens is 1. The van der Waals surface area contributed by atoms with Crippen LogP contribution in [0.15, 0.2) is 36.4 Å². The summed E-state index contributed by atoms with van der Waals surface area (Å²) in [7, 11) is 0. The third kappa shape index (κ3) is 2.90.